The van der Waals surface area contributed by atoms with E-state index in [0.717, 1.165) is 96.1 Å². The molecule has 5 heterocycles. The van der Waals surface area contributed by atoms with Gasteiger partial charge in [-0.25, -0.2) is 4.98 Å². The smallest absolute Gasteiger partial charge is 0.227 e. The van der Waals surface area contributed by atoms with Gasteiger partial charge in [-0.15, -0.1) is 0 Å². The van der Waals surface area contributed by atoms with Gasteiger partial charge in [0, 0.05) is 70.7 Å². The van der Waals surface area contributed by atoms with Crippen LogP contribution in [0.4, 0.5) is 11.8 Å². The minimum atomic E-state index is -0.0509. The number of anilines is 2. The molecule has 0 aromatic carbocycles. The minimum absolute atomic E-state index is 0.0509. The van der Waals surface area contributed by atoms with Gasteiger partial charge in [0.1, 0.15) is 11.4 Å². The zero-order chi connectivity index (χ0) is 20.6. The normalized spacial score (nSPS) is 29.8. The lowest BCUT2D eigenvalue weighted by molar-refractivity contribution is -0.0834. The van der Waals surface area contributed by atoms with Crippen molar-refractivity contribution in [3.8, 4) is 0 Å². The van der Waals surface area contributed by atoms with E-state index in [2.05, 4.69) is 45.2 Å². The Balaban J connectivity index is 1.17. The first-order valence-electron chi connectivity index (χ1n) is 11.4. The molecule has 1 spiro atoms. The Morgan fingerprint density at radius 3 is 2.67 bits per heavy atom. The molecule has 4 fully saturated rings. The van der Waals surface area contributed by atoms with Gasteiger partial charge in [0.25, 0.3) is 0 Å². The molecule has 2 N–H and O–H groups in total. The summed E-state index contributed by atoms with van der Waals surface area (Å²) < 4.78 is 12.1. The van der Waals surface area contributed by atoms with Gasteiger partial charge in [-0.3, -0.25) is 4.90 Å². The van der Waals surface area contributed by atoms with Crippen LogP contribution >= 0.6 is 0 Å². The van der Waals surface area contributed by atoms with Crippen LogP contribution in [0, 0.1) is 6.92 Å². The van der Waals surface area contributed by atoms with E-state index in [0.29, 0.717) is 12.2 Å². The third-order valence-electron chi connectivity index (χ3n) is 6.59. The number of aryl methyl sites for hydroxylation is 1. The Hall–Kier alpha value is -1.52. The van der Waals surface area contributed by atoms with Crippen molar-refractivity contribution in [1.82, 2.24) is 25.5 Å². The van der Waals surface area contributed by atoms with Crippen LogP contribution in [0.15, 0.2) is 6.07 Å². The average molecular weight is 418 g/mol. The lowest BCUT2D eigenvalue weighted by Gasteiger charge is -2.51. The van der Waals surface area contributed by atoms with Gasteiger partial charge < -0.3 is 29.9 Å². The number of nitrogens with zero attached hydrogens (tertiary/aromatic N) is 5. The summed E-state index contributed by atoms with van der Waals surface area (Å²) in [7, 11) is 0. The van der Waals surface area contributed by atoms with Gasteiger partial charge in [-0.1, -0.05) is 0 Å². The lowest BCUT2D eigenvalue weighted by Crippen LogP contribution is -2.70. The highest BCUT2D eigenvalue weighted by Gasteiger charge is 2.46. The predicted molar refractivity (Wildman–Crippen MR) is 116 cm³/mol. The standard InChI is InChI=1S/C21H35N7O2/c1-16-9-19(25-20(24-16)28-14-21(15-28)13-22-3-8-29-21)27-6-4-26(5-7-27)12-18-11-23-10-17(2)30-18/h9,17-18,22-23H,3-8,10-15H2,1-2H3/t17-,18+/m1/s1. The summed E-state index contributed by atoms with van der Waals surface area (Å²) in [6.07, 6.45) is 0.603. The van der Waals surface area contributed by atoms with Crippen molar-refractivity contribution < 1.29 is 9.47 Å². The Labute approximate surface area is 179 Å². The number of ether oxygens (including phenoxy) is 2. The van der Waals surface area contributed by atoms with E-state index >= 15 is 0 Å². The highest BCUT2D eigenvalue weighted by molar-refractivity contribution is 5.48. The summed E-state index contributed by atoms with van der Waals surface area (Å²) in [4.78, 5) is 16.8. The Kier molecular flexibility index (Phi) is 5.81. The maximum atomic E-state index is 6.07. The SMILES string of the molecule is Cc1cc(N2CCN(C[C@@H]3CNC[C@@H](C)O3)CC2)nc(N2CC3(CNCCO3)C2)n1. The van der Waals surface area contributed by atoms with Crippen LogP contribution < -0.4 is 20.4 Å². The predicted octanol–water partition coefficient (Wildman–Crippen LogP) is -0.537. The zero-order valence-corrected chi connectivity index (χ0v) is 18.3. The molecule has 9 heteroatoms. The van der Waals surface area contributed by atoms with Crippen molar-refractivity contribution in [3.63, 3.8) is 0 Å². The lowest BCUT2D eigenvalue weighted by atomic mass is 9.93. The first kappa shape index (κ1) is 20.4. The summed E-state index contributed by atoms with van der Waals surface area (Å²) in [6.45, 7) is 15.6. The summed E-state index contributed by atoms with van der Waals surface area (Å²) >= 11 is 0. The quantitative estimate of drug-likeness (QED) is 0.672. The number of rotatable bonds is 4. The fourth-order valence-corrected chi connectivity index (χ4v) is 4.97. The Morgan fingerprint density at radius 1 is 1.10 bits per heavy atom. The van der Waals surface area contributed by atoms with E-state index in [1.54, 1.807) is 0 Å². The summed E-state index contributed by atoms with van der Waals surface area (Å²) in [6, 6.07) is 2.11. The highest BCUT2D eigenvalue weighted by atomic mass is 16.5. The van der Waals surface area contributed by atoms with Gasteiger partial charge in [0.05, 0.1) is 31.9 Å². The van der Waals surface area contributed by atoms with Crippen molar-refractivity contribution >= 4 is 11.8 Å². The second kappa shape index (κ2) is 8.55. The van der Waals surface area contributed by atoms with E-state index in [1.165, 1.54) is 0 Å². The summed E-state index contributed by atoms with van der Waals surface area (Å²) in [5.74, 6) is 1.88. The number of hydrogen-bond donors (Lipinski definition) is 2. The van der Waals surface area contributed by atoms with Crippen molar-refractivity contribution in [2.75, 3.05) is 88.4 Å². The fourth-order valence-electron chi connectivity index (χ4n) is 4.97. The van der Waals surface area contributed by atoms with E-state index < -0.39 is 0 Å². The third kappa shape index (κ3) is 4.40. The monoisotopic (exact) mass is 417 g/mol. The number of hydrogen-bond acceptors (Lipinski definition) is 9. The molecular weight excluding hydrogens is 382 g/mol. The summed E-state index contributed by atoms with van der Waals surface area (Å²) in [5.41, 5.74) is 0.974. The van der Waals surface area contributed by atoms with Crippen molar-refractivity contribution in [2.24, 2.45) is 0 Å². The average Bonchev–Trinajstić information content (AvgIpc) is 2.73. The molecule has 0 saturated carbocycles. The topological polar surface area (TPSA) is 78.0 Å². The van der Waals surface area contributed by atoms with Gasteiger partial charge in [0.2, 0.25) is 5.95 Å². The number of piperazine rings is 1. The van der Waals surface area contributed by atoms with Crippen LogP contribution in [0.5, 0.6) is 0 Å². The number of morpholine rings is 2. The zero-order valence-electron chi connectivity index (χ0n) is 18.3. The number of aromatic nitrogens is 2. The minimum Gasteiger partial charge on any atom is -0.371 e. The molecule has 0 aliphatic carbocycles. The summed E-state index contributed by atoms with van der Waals surface area (Å²) in [5, 5.41) is 6.91. The number of nitrogens with one attached hydrogen (secondary N) is 2. The van der Waals surface area contributed by atoms with Crippen LogP contribution in [0.2, 0.25) is 0 Å². The molecule has 9 nitrogen and oxygen atoms in total. The highest BCUT2D eigenvalue weighted by Crippen LogP contribution is 2.30. The van der Waals surface area contributed by atoms with Crippen LogP contribution in [-0.2, 0) is 9.47 Å². The molecule has 2 atom stereocenters. The second-order valence-electron chi connectivity index (χ2n) is 9.25. The van der Waals surface area contributed by atoms with Crippen molar-refractivity contribution in [1.29, 1.82) is 0 Å². The maximum absolute atomic E-state index is 6.07. The molecule has 0 bridgehead atoms. The second-order valence-corrected chi connectivity index (χ2v) is 9.25. The molecule has 4 aliphatic rings. The molecule has 0 radical (unpaired) electrons. The fraction of sp³-hybridized carbons (Fsp3) is 0.810. The van der Waals surface area contributed by atoms with Gasteiger partial charge >= 0.3 is 0 Å². The molecule has 1 aromatic heterocycles. The van der Waals surface area contributed by atoms with Crippen molar-refractivity contribution in [2.45, 2.75) is 31.7 Å². The first-order chi connectivity index (χ1) is 14.6. The van der Waals surface area contributed by atoms with E-state index in [-0.39, 0.29) is 5.60 Å². The molecule has 30 heavy (non-hydrogen) atoms. The van der Waals surface area contributed by atoms with Crippen molar-refractivity contribution in [3.05, 3.63) is 11.8 Å². The molecule has 5 rings (SSSR count). The van der Waals surface area contributed by atoms with Crippen LogP contribution in [0.3, 0.4) is 0 Å². The maximum Gasteiger partial charge on any atom is 0.227 e. The molecular formula is C21H35N7O2. The van der Waals surface area contributed by atoms with Gasteiger partial charge in [-0.2, -0.15) is 4.98 Å². The first-order valence-corrected chi connectivity index (χ1v) is 11.4. The molecule has 4 saturated heterocycles. The molecule has 0 amide bonds. The molecule has 166 valence electrons. The van der Waals surface area contributed by atoms with Gasteiger partial charge in [-0.05, 0) is 13.8 Å². The third-order valence-corrected chi connectivity index (χ3v) is 6.59. The Morgan fingerprint density at radius 2 is 1.93 bits per heavy atom. The van der Waals surface area contributed by atoms with E-state index in [9.17, 15) is 0 Å². The van der Waals surface area contributed by atoms with Crippen LogP contribution in [-0.4, -0.2) is 111 Å². The van der Waals surface area contributed by atoms with E-state index in [4.69, 9.17) is 19.4 Å². The Bertz CT molecular complexity index is 726. The van der Waals surface area contributed by atoms with Crippen LogP contribution in [0.25, 0.3) is 0 Å². The largest absolute Gasteiger partial charge is 0.371 e. The van der Waals surface area contributed by atoms with Crippen LogP contribution in [0.1, 0.15) is 12.6 Å². The molecule has 0 unspecified atom stereocenters. The van der Waals surface area contributed by atoms with Gasteiger partial charge in [0.15, 0.2) is 0 Å². The molecule has 4 aliphatic heterocycles. The van der Waals surface area contributed by atoms with E-state index in [1.807, 2.05) is 0 Å². The molecule has 1 aromatic rings.